The molecule has 4 rings (SSSR count). The number of alkyl halides is 3. The summed E-state index contributed by atoms with van der Waals surface area (Å²) in [5, 5.41) is 10.4. The Bertz CT molecular complexity index is 1760. The van der Waals surface area contributed by atoms with Gasteiger partial charge in [-0.1, -0.05) is 30.1 Å². The van der Waals surface area contributed by atoms with Crippen molar-refractivity contribution in [2.75, 3.05) is 25.4 Å². The molecule has 1 fully saturated rings. The SMILES string of the molecule is CCS(=O)(=O)c1ccc(Cl)cc1Cn1c(=O)[nH]c2c(Cl)c(CN3CCC[C@@H](CNC(=O)O)C3)c(C(F)(F)F)cc2c1=O. The Kier molecular flexibility index (Phi) is 9.31. The highest BCUT2D eigenvalue weighted by Crippen LogP contribution is 2.39. The average molecular weight is 651 g/mol. The number of likely N-dealkylation sites (tertiary alicyclic amines) is 1. The molecule has 1 atom stereocenters. The Morgan fingerprint density at radius 2 is 1.90 bits per heavy atom. The molecule has 3 aromatic rings. The van der Waals surface area contributed by atoms with Gasteiger partial charge in [0.15, 0.2) is 9.84 Å². The number of piperidine rings is 1. The van der Waals surface area contributed by atoms with Crippen molar-refractivity contribution in [3.05, 3.63) is 71.8 Å². The van der Waals surface area contributed by atoms with Gasteiger partial charge in [-0.05, 0) is 60.7 Å². The van der Waals surface area contributed by atoms with E-state index < -0.39 is 55.9 Å². The van der Waals surface area contributed by atoms with Gasteiger partial charge in [-0.25, -0.2) is 18.0 Å². The lowest BCUT2D eigenvalue weighted by Gasteiger charge is -2.33. The van der Waals surface area contributed by atoms with Crippen molar-refractivity contribution >= 4 is 50.0 Å². The zero-order chi connectivity index (χ0) is 31.0. The van der Waals surface area contributed by atoms with Crippen LogP contribution in [0, 0.1) is 5.92 Å². The van der Waals surface area contributed by atoms with Crippen LogP contribution in [0.1, 0.15) is 36.5 Å². The Labute approximate surface area is 248 Å². The third kappa shape index (κ3) is 6.77. The predicted molar refractivity (Wildman–Crippen MR) is 151 cm³/mol. The van der Waals surface area contributed by atoms with E-state index in [-0.39, 0.29) is 51.3 Å². The number of sulfone groups is 1. The van der Waals surface area contributed by atoms with Gasteiger partial charge >= 0.3 is 18.0 Å². The molecule has 42 heavy (non-hydrogen) atoms. The number of halogens is 5. The number of H-pyrrole nitrogens is 1. The summed E-state index contributed by atoms with van der Waals surface area (Å²) >= 11 is 12.5. The van der Waals surface area contributed by atoms with Crippen LogP contribution in [0.2, 0.25) is 10.0 Å². The van der Waals surface area contributed by atoms with Gasteiger partial charge in [-0.3, -0.25) is 14.3 Å². The molecule has 1 aliphatic heterocycles. The highest BCUT2D eigenvalue weighted by molar-refractivity contribution is 7.91. The number of nitrogens with zero attached hydrogens (tertiary/aromatic N) is 2. The van der Waals surface area contributed by atoms with Gasteiger partial charge in [0.2, 0.25) is 0 Å². The van der Waals surface area contributed by atoms with E-state index in [0.29, 0.717) is 36.6 Å². The van der Waals surface area contributed by atoms with Crippen LogP contribution in [0.4, 0.5) is 18.0 Å². The Balaban J connectivity index is 1.80. The van der Waals surface area contributed by atoms with Crippen molar-refractivity contribution in [1.29, 1.82) is 0 Å². The maximum atomic E-state index is 14.3. The lowest BCUT2D eigenvalue weighted by atomic mass is 9.96. The van der Waals surface area contributed by atoms with Crippen LogP contribution in [0.3, 0.4) is 0 Å². The summed E-state index contributed by atoms with van der Waals surface area (Å²) in [5.41, 5.74) is -3.84. The number of aromatic nitrogens is 2. The molecule has 1 amide bonds. The molecular weight excluding hydrogens is 624 g/mol. The molecule has 0 bridgehead atoms. The largest absolute Gasteiger partial charge is 0.465 e. The third-order valence-corrected chi connectivity index (χ3v) is 9.70. The summed E-state index contributed by atoms with van der Waals surface area (Å²) in [7, 11) is -3.79. The molecule has 2 aromatic carbocycles. The Hall–Kier alpha value is -3.07. The normalized spacial score (nSPS) is 16.6. The molecular formula is C26H27Cl2F3N4O6S. The zero-order valence-corrected chi connectivity index (χ0v) is 24.6. The zero-order valence-electron chi connectivity index (χ0n) is 22.2. The molecule has 3 N–H and O–H groups in total. The van der Waals surface area contributed by atoms with E-state index in [1.807, 2.05) is 0 Å². The molecule has 16 heteroatoms. The van der Waals surface area contributed by atoms with E-state index in [4.69, 9.17) is 28.3 Å². The molecule has 2 heterocycles. The highest BCUT2D eigenvalue weighted by Gasteiger charge is 2.37. The predicted octanol–water partition coefficient (Wildman–Crippen LogP) is 4.34. The second-order valence-corrected chi connectivity index (χ2v) is 13.1. The van der Waals surface area contributed by atoms with Crippen LogP contribution in [0.15, 0.2) is 38.8 Å². The number of amides is 1. The number of aromatic amines is 1. The van der Waals surface area contributed by atoms with Crippen LogP contribution in [0.5, 0.6) is 0 Å². The van der Waals surface area contributed by atoms with Gasteiger partial charge in [0.25, 0.3) is 5.56 Å². The molecule has 228 valence electrons. The summed E-state index contributed by atoms with van der Waals surface area (Å²) < 4.78 is 68.7. The van der Waals surface area contributed by atoms with Crippen molar-refractivity contribution in [3.63, 3.8) is 0 Å². The minimum atomic E-state index is -4.91. The summed E-state index contributed by atoms with van der Waals surface area (Å²) in [6.45, 7) is 1.49. The van der Waals surface area contributed by atoms with Gasteiger partial charge in [-0.2, -0.15) is 13.2 Å². The standard InChI is InChI=1S/C26H27Cl2F3N4O6S/c1-2-42(40,41)20-6-5-16(27)8-15(20)12-35-23(36)17-9-19(26(29,30)31)18(21(28)22(17)33-24(35)37)13-34-7-3-4-14(11-34)10-32-25(38)39/h5-6,8-9,14,32H,2-4,7,10-13H2,1H3,(H,33,37)(H,38,39)/t14-/m0/s1. The first kappa shape index (κ1) is 31.9. The lowest BCUT2D eigenvalue weighted by Crippen LogP contribution is -2.40. The molecule has 10 nitrogen and oxygen atoms in total. The van der Waals surface area contributed by atoms with E-state index in [0.717, 1.165) is 0 Å². The smallest absolute Gasteiger partial charge is 0.416 e. The number of rotatable bonds is 8. The molecule has 1 aromatic heterocycles. The summed E-state index contributed by atoms with van der Waals surface area (Å²) in [5.74, 6) is -0.394. The second-order valence-electron chi connectivity index (χ2n) is 10.0. The molecule has 0 spiro atoms. The van der Waals surface area contributed by atoms with Crippen LogP contribution < -0.4 is 16.6 Å². The van der Waals surface area contributed by atoms with E-state index >= 15 is 0 Å². The number of hydrogen-bond donors (Lipinski definition) is 3. The number of carboxylic acid groups (broad SMARTS) is 1. The van der Waals surface area contributed by atoms with Gasteiger partial charge in [-0.15, -0.1) is 0 Å². The number of hydrogen-bond acceptors (Lipinski definition) is 6. The minimum absolute atomic E-state index is 0.0205. The Morgan fingerprint density at radius 1 is 1.19 bits per heavy atom. The topological polar surface area (TPSA) is 142 Å². The number of benzene rings is 2. The average Bonchev–Trinajstić information content (AvgIpc) is 2.91. The van der Waals surface area contributed by atoms with E-state index in [1.54, 1.807) is 4.90 Å². The fourth-order valence-electron chi connectivity index (χ4n) is 5.16. The van der Waals surface area contributed by atoms with Crippen molar-refractivity contribution in [1.82, 2.24) is 19.8 Å². The van der Waals surface area contributed by atoms with Gasteiger partial charge in [0.05, 0.1) is 38.7 Å². The molecule has 0 radical (unpaired) electrons. The summed E-state index contributed by atoms with van der Waals surface area (Å²) in [4.78, 5) is 41.3. The second kappa shape index (κ2) is 12.3. The van der Waals surface area contributed by atoms with Crippen LogP contribution in [-0.2, 0) is 29.1 Å². The molecule has 1 saturated heterocycles. The van der Waals surface area contributed by atoms with E-state index in [1.165, 1.54) is 25.1 Å². The van der Waals surface area contributed by atoms with Crippen molar-refractivity contribution < 1.29 is 31.5 Å². The van der Waals surface area contributed by atoms with Crippen molar-refractivity contribution in [2.45, 2.75) is 43.9 Å². The first-order chi connectivity index (χ1) is 19.6. The van der Waals surface area contributed by atoms with Crippen molar-refractivity contribution in [3.8, 4) is 0 Å². The quantitative estimate of drug-likeness (QED) is 0.329. The highest BCUT2D eigenvalue weighted by atomic mass is 35.5. The molecule has 1 aliphatic rings. The first-order valence-electron chi connectivity index (χ1n) is 12.9. The Morgan fingerprint density at radius 3 is 2.55 bits per heavy atom. The lowest BCUT2D eigenvalue weighted by molar-refractivity contribution is -0.138. The maximum absolute atomic E-state index is 14.3. The number of nitrogens with one attached hydrogen (secondary N) is 2. The number of fused-ring (bicyclic) bond motifs is 1. The van der Waals surface area contributed by atoms with E-state index in [9.17, 15) is 36.0 Å². The monoisotopic (exact) mass is 650 g/mol. The van der Waals surface area contributed by atoms with E-state index in [2.05, 4.69) is 10.3 Å². The maximum Gasteiger partial charge on any atom is 0.416 e. The summed E-state index contributed by atoms with van der Waals surface area (Å²) in [6, 6.07) is 4.49. The first-order valence-corrected chi connectivity index (χ1v) is 15.3. The minimum Gasteiger partial charge on any atom is -0.465 e. The van der Waals surface area contributed by atoms with Gasteiger partial charge < -0.3 is 15.4 Å². The van der Waals surface area contributed by atoms with Crippen LogP contribution >= 0.6 is 23.2 Å². The van der Waals surface area contributed by atoms with Crippen LogP contribution in [0.25, 0.3) is 10.9 Å². The third-order valence-electron chi connectivity index (χ3n) is 7.22. The molecule has 0 saturated carbocycles. The number of carbonyl (C=O) groups is 1. The fourth-order valence-corrected chi connectivity index (χ4v) is 6.78. The van der Waals surface area contributed by atoms with Gasteiger partial charge in [0.1, 0.15) is 0 Å². The summed E-state index contributed by atoms with van der Waals surface area (Å²) in [6.07, 6.45) is -4.79. The van der Waals surface area contributed by atoms with Crippen LogP contribution in [-0.4, -0.2) is 59.5 Å². The molecule has 0 aliphatic carbocycles. The molecule has 0 unspecified atom stereocenters. The fraction of sp³-hybridized carbons (Fsp3) is 0.423. The van der Waals surface area contributed by atoms with Gasteiger partial charge in [0, 0.05) is 24.7 Å². The van der Waals surface area contributed by atoms with Crippen molar-refractivity contribution in [2.24, 2.45) is 5.92 Å².